The van der Waals surface area contributed by atoms with Crippen molar-refractivity contribution in [2.75, 3.05) is 12.4 Å². The maximum atomic E-state index is 11.1. The first-order valence-corrected chi connectivity index (χ1v) is 8.82. The zero-order valence-electron chi connectivity index (χ0n) is 11.2. The summed E-state index contributed by atoms with van der Waals surface area (Å²) in [4.78, 5) is 0. The van der Waals surface area contributed by atoms with Crippen LogP contribution >= 0.6 is 22.3 Å². The monoisotopic (exact) mass is 324 g/mol. The molecule has 6 heteroatoms. The molecule has 1 aromatic rings. The Morgan fingerprint density at radius 3 is 2.47 bits per heavy atom. The van der Waals surface area contributed by atoms with E-state index in [1.165, 1.54) is 0 Å². The van der Waals surface area contributed by atoms with Crippen molar-refractivity contribution >= 4 is 31.3 Å². The van der Waals surface area contributed by atoms with E-state index in [1.807, 2.05) is 13.0 Å². The fourth-order valence-corrected chi connectivity index (χ4v) is 3.85. The molecule has 0 aliphatic rings. The lowest BCUT2D eigenvalue weighted by Crippen LogP contribution is -2.28. The highest BCUT2D eigenvalue weighted by Crippen LogP contribution is 2.25. The molecule has 0 unspecified atom stereocenters. The van der Waals surface area contributed by atoms with Crippen LogP contribution in [-0.4, -0.2) is 20.8 Å². The maximum Gasteiger partial charge on any atom is 0.233 e. The van der Waals surface area contributed by atoms with Gasteiger partial charge in [-0.15, -0.1) is 0 Å². The highest BCUT2D eigenvalue weighted by atomic mass is 35.7. The topological polar surface area (TPSA) is 43.4 Å². The van der Waals surface area contributed by atoms with Gasteiger partial charge in [0, 0.05) is 21.1 Å². The molecule has 0 saturated heterocycles. The molecular weight excluding hydrogens is 307 g/mol. The molecule has 0 aliphatic heterocycles. The number of hydrogen-bond acceptors (Lipinski definition) is 3. The second kappa shape index (κ2) is 6.33. The summed E-state index contributed by atoms with van der Waals surface area (Å²) in [6.45, 7) is 5.87. The summed E-state index contributed by atoms with van der Waals surface area (Å²) in [6, 6.07) is 5.42. The van der Waals surface area contributed by atoms with Crippen LogP contribution in [0.25, 0.3) is 0 Å². The van der Waals surface area contributed by atoms with E-state index in [-0.39, 0.29) is 12.4 Å². The minimum Gasteiger partial charge on any atom is -0.493 e. The minimum atomic E-state index is -3.53. The third kappa shape index (κ3) is 6.02. The minimum absolute atomic E-state index is 0.129. The second-order valence-corrected chi connectivity index (χ2v) is 8.43. The zero-order chi connectivity index (χ0) is 14.7. The number of halogens is 2. The lowest BCUT2D eigenvalue weighted by molar-refractivity contribution is 0.200. The van der Waals surface area contributed by atoms with E-state index >= 15 is 0 Å². The molecule has 0 atom stereocenters. The zero-order valence-corrected chi connectivity index (χ0v) is 13.6. The molecular formula is C13H18Cl2O3S. The largest absolute Gasteiger partial charge is 0.493 e. The Kier molecular flexibility index (Phi) is 5.53. The van der Waals surface area contributed by atoms with Gasteiger partial charge in [-0.05, 0) is 30.2 Å². The molecule has 0 bridgehead atoms. The van der Waals surface area contributed by atoms with Gasteiger partial charge in [0.15, 0.2) is 0 Å². The third-order valence-electron chi connectivity index (χ3n) is 2.59. The van der Waals surface area contributed by atoms with Gasteiger partial charge in [0.2, 0.25) is 9.05 Å². The van der Waals surface area contributed by atoms with Crippen LogP contribution in [0, 0.1) is 5.41 Å². The predicted molar refractivity (Wildman–Crippen MR) is 79.7 cm³/mol. The quantitative estimate of drug-likeness (QED) is 0.746. The van der Waals surface area contributed by atoms with E-state index < -0.39 is 14.5 Å². The van der Waals surface area contributed by atoms with E-state index in [2.05, 4.69) is 0 Å². The summed E-state index contributed by atoms with van der Waals surface area (Å²) in [5.41, 5.74) is 0.453. The van der Waals surface area contributed by atoms with E-state index in [0.29, 0.717) is 10.8 Å². The molecule has 0 aromatic heterocycles. The summed E-state index contributed by atoms with van der Waals surface area (Å²) in [5, 5.41) is 0.706. The first-order valence-electron chi connectivity index (χ1n) is 5.96. The molecule has 0 heterocycles. The van der Waals surface area contributed by atoms with Crippen LogP contribution in [0.2, 0.25) is 5.02 Å². The summed E-state index contributed by atoms with van der Waals surface area (Å²) in [7, 11) is 1.73. The molecule has 108 valence electrons. The first kappa shape index (κ1) is 16.6. The molecule has 1 rings (SSSR count). The molecule has 19 heavy (non-hydrogen) atoms. The van der Waals surface area contributed by atoms with Crippen LogP contribution in [0.5, 0.6) is 5.75 Å². The van der Waals surface area contributed by atoms with Crippen LogP contribution in [0.4, 0.5) is 0 Å². The van der Waals surface area contributed by atoms with Crippen molar-refractivity contribution in [3.63, 3.8) is 0 Å². The number of hydrogen-bond donors (Lipinski definition) is 0. The average molecular weight is 325 g/mol. The van der Waals surface area contributed by atoms with Crippen LogP contribution in [0.1, 0.15) is 26.3 Å². The van der Waals surface area contributed by atoms with Gasteiger partial charge in [0.1, 0.15) is 5.75 Å². The smallest absolute Gasteiger partial charge is 0.233 e. The van der Waals surface area contributed by atoms with Crippen molar-refractivity contribution in [1.29, 1.82) is 0 Å². The molecule has 1 aromatic carbocycles. The number of aryl methyl sites for hydroxylation is 1. The van der Waals surface area contributed by atoms with Gasteiger partial charge in [-0.1, -0.05) is 32.4 Å². The lowest BCUT2D eigenvalue weighted by Gasteiger charge is -2.23. The van der Waals surface area contributed by atoms with E-state index in [9.17, 15) is 8.42 Å². The summed E-state index contributed by atoms with van der Waals surface area (Å²) in [5.74, 6) is 0.553. The fourth-order valence-electron chi connectivity index (χ4n) is 1.70. The van der Waals surface area contributed by atoms with Crippen molar-refractivity contribution in [2.45, 2.75) is 27.2 Å². The van der Waals surface area contributed by atoms with Gasteiger partial charge in [0.25, 0.3) is 0 Å². The van der Waals surface area contributed by atoms with Gasteiger partial charge in [-0.2, -0.15) is 0 Å². The van der Waals surface area contributed by atoms with Crippen molar-refractivity contribution < 1.29 is 13.2 Å². The highest BCUT2D eigenvalue weighted by molar-refractivity contribution is 8.13. The molecule has 0 amide bonds. The van der Waals surface area contributed by atoms with Gasteiger partial charge in [0.05, 0.1) is 12.4 Å². The highest BCUT2D eigenvalue weighted by Gasteiger charge is 2.26. The Morgan fingerprint density at radius 2 is 1.95 bits per heavy atom. The van der Waals surface area contributed by atoms with Crippen LogP contribution in [0.3, 0.4) is 0 Å². The number of ether oxygens (including phenoxy) is 1. The Labute approximate surface area is 124 Å². The predicted octanol–water partition coefficient (Wildman–Crippen LogP) is 3.88. The van der Waals surface area contributed by atoms with Crippen molar-refractivity contribution in [1.82, 2.24) is 0 Å². The Morgan fingerprint density at radius 1 is 1.32 bits per heavy atom. The van der Waals surface area contributed by atoms with Gasteiger partial charge >= 0.3 is 0 Å². The van der Waals surface area contributed by atoms with E-state index in [1.54, 1.807) is 26.0 Å². The van der Waals surface area contributed by atoms with Crippen LogP contribution in [0.15, 0.2) is 18.2 Å². The molecule has 0 radical (unpaired) electrons. The Bertz CT molecular complexity index is 539. The van der Waals surface area contributed by atoms with Crippen LogP contribution in [-0.2, 0) is 15.5 Å². The summed E-state index contributed by atoms with van der Waals surface area (Å²) >= 11 is 6.02. The van der Waals surface area contributed by atoms with Gasteiger partial charge in [-0.3, -0.25) is 0 Å². The molecule has 0 N–H and O–H groups in total. The van der Waals surface area contributed by atoms with Crippen molar-refractivity contribution in [3.05, 3.63) is 28.8 Å². The molecule has 0 spiro atoms. The standard InChI is InChI=1S/C13H18Cl2O3S/c1-4-10-7-11(5-6-12(10)14)18-8-13(2,3)9-19(15,16)17/h5-7H,4,8-9H2,1-3H3. The molecule has 0 aliphatic carbocycles. The lowest BCUT2D eigenvalue weighted by atomic mass is 9.98. The first-order chi connectivity index (χ1) is 8.63. The van der Waals surface area contributed by atoms with Crippen molar-refractivity contribution in [3.8, 4) is 5.75 Å². The fraction of sp³-hybridized carbons (Fsp3) is 0.538. The number of rotatable bonds is 6. The normalized spacial score (nSPS) is 12.5. The van der Waals surface area contributed by atoms with Gasteiger partial charge < -0.3 is 4.74 Å². The van der Waals surface area contributed by atoms with Crippen molar-refractivity contribution in [2.24, 2.45) is 5.41 Å². The van der Waals surface area contributed by atoms with E-state index in [4.69, 9.17) is 27.0 Å². The molecule has 0 saturated carbocycles. The number of benzene rings is 1. The second-order valence-electron chi connectivity index (χ2n) is 5.24. The molecule has 3 nitrogen and oxygen atoms in total. The SMILES string of the molecule is CCc1cc(OCC(C)(C)CS(=O)(=O)Cl)ccc1Cl. The molecule has 0 fully saturated rings. The third-order valence-corrected chi connectivity index (χ3v) is 4.41. The average Bonchev–Trinajstić information content (AvgIpc) is 2.25. The Hall–Kier alpha value is -0.450. The maximum absolute atomic E-state index is 11.1. The van der Waals surface area contributed by atoms with E-state index in [0.717, 1.165) is 12.0 Å². The summed E-state index contributed by atoms with van der Waals surface area (Å²) in [6.07, 6.45) is 0.815. The van der Waals surface area contributed by atoms with Gasteiger partial charge in [-0.25, -0.2) is 8.42 Å². The summed E-state index contributed by atoms with van der Waals surface area (Å²) < 4.78 is 27.8. The van der Waals surface area contributed by atoms with Crippen LogP contribution < -0.4 is 4.74 Å². The Balaban J connectivity index is 2.71.